The minimum absolute atomic E-state index is 0.300. The van der Waals surface area contributed by atoms with E-state index in [4.69, 9.17) is 4.74 Å². The summed E-state index contributed by atoms with van der Waals surface area (Å²) in [6.45, 7) is 1.04. The normalized spacial score (nSPS) is 29.9. The number of esters is 1. The molecule has 0 spiro atoms. The van der Waals surface area contributed by atoms with E-state index in [9.17, 15) is 35.1 Å². The van der Waals surface area contributed by atoms with Gasteiger partial charge in [0.2, 0.25) is 0 Å². The second-order valence-corrected chi connectivity index (χ2v) is 7.55. The number of nitrogens with zero attached hydrogens (tertiary/aromatic N) is 1. The maximum atomic E-state index is 12.7. The van der Waals surface area contributed by atoms with Gasteiger partial charge in [0.1, 0.15) is 17.8 Å². The van der Waals surface area contributed by atoms with Gasteiger partial charge < -0.3 is 35.2 Å². The van der Waals surface area contributed by atoms with E-state index in [1.54, 1.807) is 0 Å². The summed E-state index contributed by atoms with van der Waals surface area (Å²) in [5.41, 5.74) is -1.50. The number of aliphatic hydroxyl groups is 3. The summed E-state index contributed by atoms with van der Waals surface area (Å²) in [5.74, 6) is -2.04. The number of likely N-dealkylation sites (tertiary alicyclic amines) is 1. The number of carbonyl (C=O) groups is 2. The summed E-state index contributed by atoms with van der Waals surface area (Å²) < 4.78 is 5.18. The minimum Gasteiger partial charge on any atom is -0.504 e. The first kappa shape index (κ1) is 21.1. The molecule has 29 heavy (non-hydrogen) atoms. The zero-order valence-electron chi connectivity index (χ0n) is 15.8. The van der Waals surface area contributed by atoms with E-state index in [1.165, 1.54) is 29.2 Å². The van der Waals surface area contributed by atoms with E-state index in [1.807, 2.05) is 0 Å². The van der Waals surface area contributed by atoms with E-state index >= 15 is 0 Å². The Hall–Kier alpha value is -2.62. The molecule has 1 aliphatic heterocycles. The summed E-state index contributed by atoms with van der Waals surface area (Å²) >= 11 is 0. The molecule has 4 atom stereocenters. The van der Waals surface area contributed by atoms with Gasteiger partial charge in [-0.15, -0.1) is 0 Å². The van der Waals surface area contributed by atoms with Crippen molar-refractivity contribution in [3.05, 3.63) is 29.8 Å². The van der Waals surface area contributed by atoms with Gasteiger partial charge in [-0.3, -0.25) is 4.79 Å². The van der Waals surface area contributed by atoms with Gasteiger partial charge in [-0.1, -0.05) is 6.07 Å². The molecule has 9 heteroatoms. The number of rotatable bonds is 4. The predicted octanol–water partition coefficient (Wildman–Crippen LogP) is -0.108. The number of aromatic hydroxyl groups is 2. The molecule has 2 aliphatic rings. The Labute approximate surface area is 167 Å². The summed E-state index contributed by atoms with van der Waals surface area (Å²) in [6.07, 6.45) is -0.726. The zero-order chi connectivity index (χ0) is 21.2. The van der Waals surface area contributed by atoms with Crippen LogP contribution in [-0.2, 0) is 14.3 Å². The smallest absolute Gasteiger partial charge is 0.331 e. The second kappa shape index (κ2) is 8.40. The number of hydrogen-bond acceptors (Lipinski definition) is 8. The molecule has 1 heterocycles. The van der Waals surface area contributed by atoms with Crippen molar-refractivity contribution >= 4 is 18.0 Å². The summed E-state index contributed by atoms with van der Waals surface area (Å²) in [4.78, 5) is 26.3. The van der Waals surface area contributed by atoms with Crippen LogP contribution >= 0.6 is 0 Å². The Bertz CT molecular complexity index is 804. The number of ether oxygens (including phenoxy) is 1. The Balaban J connectivity index is 1.67. The Kier molecular flexibility index (Phi) is 6.11. The van der Waals surface area contributed by atoms with Crippen molar-refractivity contribution in [1.82, 2.24) is 4.90 Å². The quantitative estimate of drug-likeness (QED) is 0.264. The Morgan fingerprint density at radius 2 is 1.79 bits per heavy atom. The van der Waals surface area contributed by atoms with Crippen LogP contribution in [0.4, 0.5) is 0 Å². The van der Waals surface area contributed by atoms with Crippen LogP contribution in [0.2, 0.25) is 0 Å². The topological polar surface area (TPSA) is 148 Å². The average Bonchev–Trinajstić information content (AvgIpc) is 3.20. The number of benzene rings is 1. The van der Waals surface area contributed by atoms with Gasteiger partial charge in [0.25, 0.3) is 5.91 Å². The molecule has 0 aromatic heterocycles. The minimum atomic E-state index is -1.92. The molecule has 9 nitrogen and oxygen atoms in total. The third kappa shape index (κ3) is 4.69. The first-order valence-corrected chi connectivity index (χ1v) is 9.48. The van der Waals surface area contributed by atoms with Crippen LogP contribution in [-0.4, -0.2) is 79.3 Å². The Morgan fingerprint density at radius 1 is 1.10 bits per heavy atom. The van der Waals surface area contributed by atoms with E-state index in [-0.39, 0.29) is 24.3 Å². The van der Waals surface area contributed by atoms with Crippen molar-refractivity contribution in [2.24, 2.45) is 0 Å². The monoisotopic (exact) mass is 407 g/mol. The van der Waals surface area contributed by atoms with E-state index < -0.39 is 35.8 Å². The largest absolute Gasteiger partial charge is 0.504 e. The van der Waals surface area contributed by atoms with E-state index in [0.717, 1.165) is 18.9 Å². The molecule has 1 saturated carbocycles. The molecular weight excluding hydrogens is 382 g/mol. The van der Waals surface area contributed by atoms with Crippen molar-refractivity contribution in [3.8, 4) is 11.5 Å². The lowest BCUT2D eigenvalue weighted by Crippen LogP contribution is -2.60. The first-order chi connectivity index (χ1) is 13.7. The molecule has 1 aromatic carbocycles. The van der Waals surface area contributed by atoms with Gasteiger partial charge in [0.05, 0.1) is 6.10 Å². The number of carbonyl (C=O) groups excluding carboxylic acids is 2. The molecule has 3 unspecified atom stereocenters. The molecule has 5 N–H and O–H groups in total. The van der Waals surface area contributed by atoms with Crippen LogP contribution in [0.25, 0.3) is 6.08 Å². The van der Waals surface area contributed by atoms with Crippen LogP contribution in [0.15, 0.2) is 24.3 Å². The van der Waals surface area contributed by atoms with Gasteiger partial charge in [-0.25, -0.2) is 4.79 Å². The third-order valence-electron chi connectivity index (χ3n) is 5.33. The number of amides is 1. The van der Waals surface area contributed by atoms with Crippen LogP contribution < -0.4 is 0 Å². The van der Waals surface area contributed by atoms with Gasteiger partial charge >= 0.3 is 5.97 Å². The van der Waals surface area contributed by atoms with Crippen molar-refractivity contribution in [1.29, 1.82) is 0 Å². The number of hydrogen-bond donors (Lipinski definition) is 5. The fourth-order valence-electron chi connectivity index (χ4n) is 3.75. The van der Waals surface area contributed by atoms with Crippen LogP contribution in [0.5, 0.6) is 11.5 Å². The van der Waals surface area contributed by atoms with Crippen molar-refractivity contribution < 1.29 is 39.9 Å². The molecule has 1 aliphatic carbocycles. The molecular formula is C20H25NO8. The molecule has 0 radical (unpaired) electrons. The highest BCUT2D eigenvalue weighted by Crippen LogP contribution is 2.33. The zero-order valence-corrected chi connectivity index (χ0v) is 15.8. The summed E-state index contributed by atoms with van der Waals surface area (Å²) in [6, 6.07) is 3.96. The average molecular weight is 407 g/mol. The van der Waals surface area contributed by atoms with Gasteiger partial charge in [0.15, 0.2) is 11.5 Å². The van der Waals surface area contributed by atoms with Crippen LogP contribution in [0, 0.1) is 0 Å². The van der Waals surface area contributed by atoms with Gasteiger partial charge in [0, 0.05) is 32.0 Å². The molecule has 158 valence electrons. The number of aliphatic hydroxyl groups excluding tert-OH is 2. The van der Waals surface area contributed by atoms with Gasteiger partial charge in [-0.05, 0) is 36.6 Å². The second-order valence-electron chi connectivity index (χ2n) is 7.55. The van der Waals surface area contributed by atoms with Crippen molar-refractivity contribution in [3.63, 3.8) is 0 Å². The number of phenolic OH excluding ortho intramolecular Hbond substituents is 2. The first-order valence-electron chi connectivity index (χ1n) is 9.48. The van der Waals surface area contributed by atoms with Gasteiger partial charge in [-0.2, -0.15) is 0 Å². The van der Waals surface area contributed by atoms with Crippen molar-refractivity contribution in [2.45, 2.75) is 49.6 Å². The fourth-order valence-corrected chi connectivity index (χ4v) is 3.75. The standard InChI is InChI=1S/C20H25NO8/c22-13-5-3-12(9-14(13)23)4-6-17(25)29-16-11-20(28,10-15(24)18(16)26)19(27)21-7-1-2-8-21/h3-6,9,15-16,18,22-24,26,28H,1-2,7-8,10-11H2/b6-4+/t15?,16-,18?,20?/m1/s1. The molecule has 1 saturated heterocycles. The van der Waals surface area contributed by atoms with Crippen molar-refractivity contribution in [2.75, 3.05) is 13.1 Å². The van der Waals surface area contributed by atoms with Crippen LogP contribution in [0.1, 0.15) is 31.2 Å². The molecule has 1 aromatic rings. The van der Waals surface area contributed by atoms with Crippen LogP contribution in [0.3, 0.4) is 0 Å². The van der Waals surface area contributed by atoms with E-state index in [0.29, 0.717) is 18.7 Å². The predicted molar refractivity (Wildman–Crippen MR) is 101 cm³/mol. The molecule has 3 rings (SSSR count). The highest BCUT2D eigenvalue weighted by molar-refractivity contribution is 5.88. The molecule has 1 amide bonds. The summed E-state index contributed by atoms with van der Waals surface area (Å²) in [7, 11) is 0. The SMILES string of the molecule is O=C(/C=C/c1ccc(O)c(O)c1)O[C@@H]1CC(O)(C(=O)N2CCCC2)CC(O)C1O. The lowest BCUT2D eigenvalue weighted by molar-refractivity contribution is -0.191. The molecule has 0 bridgehead atoms. The maximum Gasteiger partial charge on any atom is 0.331 e. The lowest BCUT2D eigenvalue weighted by atomic mass is 9.78. The number of phenols is 2. The lowest BCUT2D eigenvalue weighted by Gasteiger charge is -2.42. The highest BCUT2D eigenvalue weighted by atomic mass is 16.6. The fraction of sp³-hybridized carbons (Fsp3) is 0.500. The Morgan fingerprint density at radius 3 is 2.45 bits per heavy atom. The molecule has 2 fully saturated rings. The summed E-state index contributed by atoms with van der Waals surface area (Å²) in [5, 5.41) is 49.9. The van der Waals surface area contributed by atoms with E-state index in [2.05, 4.69) is 0 Å². The third-order valence-corrected chi connectivity index (χ3v) is 5.33. The highest BCUT2D eigenvalue weighted by Gasteiger charge is 2.51. The maximum absolute atomic E-state index is 12.7.